The molecule has 140 valence electrons. The molecule has 0 saturated heterocycles. The van der Waals surface area contributed by atoms with Crippen LogP contribution >= 0.6 is 0 Å². The Bertz CT molecular complexity index is 1290. The Hall–Kier alpha value is -3.72. The predicted octanol–water partition coefficient (Wildman–Crippen LogP) is 6.37. The second-order valence-electron chi connectivity index (χ2n) is 7.32. The first-order chi connectivity index (χ1) is 14.2. The summed E-state index contributed by atoms with van der Waals surface area (Å²) in [6, 6.07) is 31.4. The van der Waals surface area contributed by atoms with Gasteiger partial charge in [-0.3, -0.25) is 0 Å². The average molecular weight is 375 g/mol. The van der Waals surface area contributed by atoms with Crippen molar-refractivity contribution in [3.8, 4) is 28.1 Å². The summed E-state index contributed by atoms with van der Waals surface area (Å²) in [5.74, 6) is 0. The minimum Gasteiger partial charge on any atom is -0.228 e. The van der Waals surface area contributed by atoms with Crippen LogP contribution in [0.3, 0.4) is 0 Å². The minimum absolute atomic E-state index is 0.880. The highest BCUT2D eigenvalue weighted by atomic mass is 15.3. The average Bonchev–Trinajstić information content (AvgIpc) is 3.11. The number of para-hydroxylation sites is 1. The van der Waals surface area contributed by atoms with Crippen molar-refractivity contribution < 1.29 is 0 Å². The van der Waals surface area contributed by atoms with Crippen molar-refractivity contribution in [2.75, 3.05) is 0 Å². The molecule has 0 atom stereocenters. The molecular weight excluding hydrogens is 354 g/mol. The lowest BCUT2D eigenvalue weighted by Crippen LogP contribution is -1.98. The number of pyridine rings is 1. The summed E-state index contributed by atoms with van der Waals surface area (Å²) in [4.78, 5) is 5.05. The van der Waals surface area contributed by atoms with Crippen molar-refractivity contribution in [1.29, 1.82) is 0 Å². The van der Waals surface area contributed by atoms with Crippen molar-refractivity contribution in [3.05, 3.63) is 102 Å². The lowest BCUT2D eigenvalue weighted by molar-refractivity contribution is 0.878. The second kappa shape index (κ2) is 7.02. The first-order valence-electron chi connectivity index (χ1n) is 9.79. The Balaban J connectivity index is 1.85. The molecule has 0 amide bonds. The van der Waals surface area contributed by atoms with Gasteiger partial charge >= 0.3 is 0 Å². The third-order valence-electron chi connectivity index (χ3n) is 5.25. The third-order valence-corrected chi connectivity index (χ3v) is 5.25. The Morgan fingerprint density at radius 2 is 1.34 bits per heavy atom. The van der Waals surface area contributed by atoms with E-state index in [1.54, 1.807) is 0 Å². The van der Waals surface area contributed by atoms with Crippen LogP contribution < -0.4 is 0 Å². The molecule has 0 bridgehead atoms. The highest BCUT2D eigenvalue weighted by Gasteiger charge is 2.17. The van der Waals surface area contributed by atoms with Crippen LogP contribution in [-0.2, 0) is 0 Å². The summed E-state index contributed by atoms with van der Waals surface area (Å²) in [7, 11) is 0. The first kappa shape index (κ1) is 17.4. The van der Waals surface area contributed by atoms with Crippen LogP contribution in [0.2, 0.25) is 0 Å². The van der Waals surface area contributed by atoms with Crippen LogP contribution in [-0.4, -0.2) is 14.8 Å². The summed E-state index contributed by atoms with van der Waals surface area (Å²) < 4.78 is 1.95. The number of fused-ring (bicyclic) bond motifs is 1. The van der Waals surface area contributed by atoms with E-state index in [4.69, 9.17) is 10.1 Å². The van der Waals surface area contributed by atoms with Gasteiger partial charge in [-0.25, -0.2) is 9.67 Å². The summed E-state index contributed by atoms with van der Waals surface area (Å²) in [6.07, 6.45) is 0. The number of rotatable bonds is 3. The Morgan fingerprint density at radius 1 is 0.690 bits per heavy atom. The van der Waals surface area contributed by atoms with E-state index < -0.39 is 0 Å². The van der Waals surface area contributed by atoms with Gasteiger partial charge in [0.2, 0.25) is 0 Å². The molecule has 0 aliphatic rings. The number of hydrogen-bond acceptors (Lipinski definition) is 2. The van der Waals surface area contributed by atoms with Gasteiger partial charge in [0, 0.05) is 5.56 Å². The van der Waals surface area contributed by atoms with E-state index in [0.29, 0.717) is 0 Å². The SMILES string of the molecule is Cc1ccc(-c2cc(-c3ccccc3)nc3c2c(C)nn3-c2ccccc2)cc1. The molecule has 3 heteroatoms. The summed E-state index contributed by atoms with van der Waals surface area (Å²) in [5.41, 5.74) is 8.51. The number of aromatic nitrogens is 3. The zero-order valence-electron chi connectivity index (χ0n) is 16.5. The van der Waals surface area contributed by atoms with Crippen molar-refractivity contribution in [1.82, 2.24) is 14.8 Å². The van der Waals surface area contributed by atoms with E-state index >= 15 is 0 Å². The maximum atomic E-state index is 5.05. The molecule has 2 heterocycles. The van der Waals surface area contributed by atoms with Gasteiger partial charge in [0.15, 0.2) is 5.65 Å². The van der Waals surface area contributed by atoms with E-state index in [2.05, 4.69) is 68.4 Å². The molecule has 3 aromatic carbocycles. The fraction of sp³-hybridized carbons (Fsp3) is 0.0769. The molecular formula is C26H21N3. The van der Waals surface area contributed by atoms with Gasteiger partial charge in [-0.05, 0) is 43.2 Å². The Kier molecular flexibility index (Phi) is 4.21. The summed E-state index contributed by atoms with van der Waals surface area (Å²) >= 11 is 0. The molecule has 0 aliphatic carbocycles. The van der Waals surface area contributed by atoms with Crippen LogP contribution in [0.5, 0.6) is 0 Å². The largest absolute Gasteiger partial charge is 0.228 e. The van der Waals surface area contributed by atoms with Gasteiger partial charge in [0.05, 0.1) is 22.5 Å². The van der Waals surface area contributed by atoms with Crippen molar-refractivity contribution >= 4 is 11.0 Å². The maximum absolute atomic E-state index is 5.05. The molecule has 0 unspecified atom stereocenters. The molecule has 0 fully saturated rings. The van der Waals surface area contributed by atoms with Crippen LogP contribution in [0.1, 0.15) is 11.3 Å². The second-order valence-corrected chi connectivity index (χ2v) is 7.32. The molecule has 29 heavy (non-hydrogen) atoms. The molecule has 5 aromatic rings. The van der Waals surface area contributed by atoms with Crippen molar-refractivity contribution in [3.63, 3.8) is 0 Å². The van der Waals surface area contributed by atoms with Crippen LogP contribution in [0.15, 0.2) is 91.0 Å². The molecule has 0 spiro atoms. The van der Waals surface area contributed by atoms with E-state index in [1.165, 1.54) is 11.1 Å². The molecule has 5 rings (SSSR count). The van der Waals surface area contributed by atoms with E-state index in [0.717, 1.165) is 39.2 Å². The van der Waals surface area contributed by atoms with Gasteiger partial charge in [0.1, 0.15) is 0 Å². The number of hydrogen-bond donors (Lipinski definition) is 0. The fourth-order valence-corrected chi connectivity index (χ4v) is 3.76. The Morgan fingerprint density at radius 3 is 2.03 bits per heavy atom. The normalized spacial score (nSPS) is 11.1. The number of aryl methyl sites for hydroxylation is 2. The molecule has 0 aliphatic heterocycles. The fourth-order valence-electron chi connectivity index (χ4n) is 3.76. The smallest absolute Gasteiger partial charge is 0.164 e. The number of benzene rings is 3. The van der Waals surface area contributed by atoms with Crippen LogP contribution in [0, 0.1) is 13.8 Å². The zero-order chi connectivity index (χ0) is 19.8. The highest BCUT2D eigenvalue weighted by molar-refractivity contribution is 5.97. The van der Waals surface area contributed by atoms with Gasteiger partial charge in [-0.2, -0.15) is 5.10 Å². The summed E-state index contributed by atoms with van der Waals surface area (Å²) in [5, 5.41) is 5.95. The first-order valence-corrected chi connectivity index (χ1v) is 9.79. The lowest BCUT2D eigenvalue weighted by Gasteiger charge is -2.10. The topological polar surface area (TPSA) is 30.7 Å². The van der Waals surface area contributed by atoms with Crippen LogP contribution in [0.4, 0.5) is 0 Å². The van der Waals surface area contributed by atoms with E-state index in [1.807, 2.05) is 41.1 Å². The molecule has 3 nitrogen and oxygen atoms in total. The monoisotopic (exact) mass is 375 g/mol. The standard InChI is InChI=1S/C26H21N3/c1-18-13-15-20(16-14-18)23-17-24(21-9-5-3-6-10-21)27-26-25(23)19(2)28-29(26)22-11-7-4-8-12-22/h3-17H,1-2H3. The van der Waals surface area contributed by atoms with E-state index in [-0.39, 0.29) is 0 Å². The van der Waals surface area contributed by atoms with Gasteiger partial charge < -0.3 is 0 Å². The molecule has 2 aromatic heterocycles. The molecule has 0 saturated carbocycles. The van der Waals surface area contributed by atoms with Crippen molar-refractivity contribution in [2.24, 2.45) is 0 Å². The third kappa shape index (κ3) is 3.11. The summed E-state index contributed by atoms with van der Waals surface area (Å²) in [6.45, 7) is 4.17. The zero-order valence-corrected chi connectivity index (χ0v) is 16.5. The van der Waals surface area contributed by atoms with E-state index in [9.17, 15) is 0 Å². The maximum Gasteiger partial charge on any atom is 0.164 e. The predicted molar refractivity (Wildman–Crippen MR) is 119 cm³/mol. The quantitative estimate of drug-likeness (QED) is 0.367. The van der Waals surface area contributed by atoms with Crippen LogP contribution in [0.25, 0.3) is 39.1 Å². The molecule has 0 radical (unpaired) electrons. The Labute approximate surface area is 170 Å². The number of nitrogens with zero attached hydrogens (tertiary/aromatic N) is 3. The lowest BCUT2D eigenvalue weighted by atomic mass is 9.98. The van der Waals surface area contributed by atoms with Gasteiger partial charge in [-0.15, -0.1) is 0 Å². The van der Waals surface area contributed by atoms with Gasteiger partial charge in [-0.1, -0.05) is 78.4 Å². The van der Waals surface area contributed by atoms with Crippen molar-refractivity contribution in [2.45, 2.75) is 13.8 Å². The highest BCUT2D eigenvalue weighted by Crippen LogP contribution is 2.35. The molecule has 0 N–H and O–H groups in total. The minimum atomic E-state index is 0.880. The van der Waals surface area contributed by atoms with Gasteiger partial charge in [0.25, 0.3) is 0 Å².